The summed E-state index contributed by atoms with van der Waals surface area (Å²) >= 11 is 3.04. The molecule has 15 heavy (non-hydrogen) atoms. The molecule has 84 valence electrons. The number of nitrogens with two attached hydrogens (primary N) is 1. The Morgan fingerprint density at radius 3 is 2.73 bits per heavy atom. The Balaban J connectivity index is 0.00000196. The number of phenolic OH excluding ortho intramolecular Hbond substituents is 1. The minimum absolute atomic E-state index is 0. The Morgan fingerprint density at radius 1 is 1.60 bits per heavy atom. The molecule has 0 saturated carbocycles. The first kappa shape index (κ1) is 14.4. The molecule has 1 aromatic carbocycles. The zero-order valence-electron chi connectivity index (χ0n) is 7.91. The second-order valence-electron chi connectivity index (χ2n) is 2.96. The molecule has 1 atom stereocenters. The molecule has 0 aromatic heterocycles. The molecular weight excluding hydrogens is 284 g/mol. The predicted octanol–water partition coefficient (Wildman–Crippen LogP) is 3.29. The van der Waals surface area contributed by atoms with Crippen LogP contribution in [0.25, 0.3) is 0 Å². The third kappa shape index (κ3) is 3.48. The Labute approximate surface area is 103 Å². The average Bonchev–Trinajstić information content (AvgIpc) is 2.11. The van der Waals surface area contributed by atoms with Crippen LogP contribution in [-0.4, -0.2) is 5.11 Å². The fourth-order valence-corrected chi connectivity index (χ4v) is 1.62. The second-order valence-corrected chi connectivity index (χ2v) is 3.81. The molecule has 0 heterocycles. The van der Waals surface area contributed by atoms with Gasteiger partial charge in [0.2, 0.25) is 0 Å². The standard InChI is InChI=1S/C10H11BrFNO.ClH/c1-2-3-9(13)7-4-6(12)5-8(11)10(7)14;/h2,4-5,9,14H,1,3,13H2;1H/t9-;/m1./s1. The molecule has 0 aliphatic rings. The monoisotopic (exact) mass is 295 g/mol. The van der Waals surface area contributed by atoms with E-state index in [2.05, 4.69) is 22.5 Å². The molecule has 0 amide bonds. The molecule has 0 aliphatic carbocycles. The third-order valence-electron chi connectivity index (χ3n) is 1.88. The molecule has 0 radical (unpaired) electrons. The van der Waals surface area contributed by atoms with E-state index >= 15 is 0 Å². The summed E-state index contributed by atoms with van der Waals surface area (Å²) in [5.74, 6) is -0.440. The molecule has 2 nitrogen and oxygen atoms in total. The van der Waals surface area contributed by atoms with E-state index in [4.69, 9.17) is 5.73 Å². The Kier molecular flexibility index (Phi) is 5.87. The van der Waals surface area contributed by atoms with Crippen molar-refractivity contribution in [2.24, 2.45) is 5.73 Å². The van der Waals surface area contributed by atoms with Gasteiger partial charge in [0, 0.05) is 11.6 Å². The molecule has 5 heteroatoms. The second kappa shape index (κ2) is 6.10. The van der Waals surface area contributed by atoms with Gasteiger partial charge in [0.05, 0.1) is 4.47 Å². The molecule has 1 aromatic rings. The highest BCUT2D eigenvalue weighted by Crippen LogP contribution is 2.33. The zero-order chi connectivity index (χ0) is 10.7. The van der Waals surface area contributed by atoms with Crippen LogP contribution in [0.5, 0.6) is 5.75 Å². The van der Waals surface area contributed by atoms with Gasteiger partial charge in [-0.15, -0.1) is 19.0 Å². The summed E-state index contributed by atoms with van der Waals surface area (Å²) in [6, 6.07) is 1.99. The van der Waals surface area contributed by atoms with E-state index in [-0.39, 0.29) is 18.2 Å². The number of hydrogen-bond donors (Lipinski definition) is 2. The van der Waals surface area contributed by atoms with Gasteiger partial charge in [-0.05, 0) is 34.5 Å². The summed E-state index contributed by atoms with van der Waals surface area (Å²) in [7, 11) is 0. The van der Waals surface area contributed by atoms with Crippen molar-refractivity contribution >= 4 is 28.3 Å². The summed E-state index contributed by atoms with van der Waals surface area (Å²) in [6.07, 6.45) is 2.12. The van der Waals surface area contributed by atoms with Gasteiger partial charge in [0.25, 0.3) is 0 Å². The molecule has 0 saturated heterocycles. The van der Waals surface area contributed by atoms with Gasteiger partial charge in [-0.3, -0.25) is 0 Å². The van der Waals surface area contributed by atoms with Crippen molar-refractivity contribution in [1.29, 1.82) is 0 Å². The molecule has 0 fully saturated rings. The lowest BCUT2D eigenvalue weighted by atomic mass is 10.0. The van der Waals surface area contributed by atoms with E-state index in [0.717, 1.165) is 0 Å². The highest BCUT2D eigenvalue weighted by Gasteiger charge is 2.13. The van der Waals surface area contributed by atoms with Gasteiger partial charge >= 0.3 is 0 Å². The highest BCUT2D eigenvalue weighted by atomic mass is 79.9. The van der Waals surface area contributed by atoms with Crippen LogP contribution in [0.3, 0.4) is 0 Å². The minimum atomic E-state index is -0.431. The van der Waals surface area contributed by atoms with Gasteiger partial charge in [0.15, 0.2) is 0 Å². The normalized spacial score (nSPS) is 11.7. The summed E-state index contributed by atoms with van der Waals surface area (Å²) in [5.41, 5.74) is 6.11. The summed E-state index contributed by atoms with van der Waals surface area (Å²) in [6.45, 7) is 3.53. The lowest BCUT2D eigenvalue weighted by molar-refractivity contribution is 0.455. The molecule has 0 spiro atoms. The lowest BCUT2D eigenvalue weighted by Crippen LogP contribution is -2.09. The molecule has 1 rings (SSSR count). The fourth-order valence-electron chi connectivity index (χ4n) is 1.18. The van der Waals surface area contributed by atoms with Crippen LogP contribution < -0.4 is 5.73 Å². The number of phenols is 1. The first-order valence-corrected chi connectivity index (χ1v) is 4.90. The van der Waals surface area contributed by atoms with Crippen molar-refractivity contribution in [3.05, 3.63) is 40.6 Å². The van der Waals surface area contributed by atoms with Crippen molar-refractivity contribution in [2.45, 2.75) is 12.5 Å². The zero-order valence-corrected chi connectivity index (χ0v) is 10.3. The maximum absolute atomic E-state index is 13.0. The van der Waals surface area contributed by atoms with E-state index in [1.165, 1.54) is 12.1 Å². The number of aromatic hydroxyl groups is 1. The van der Waals surface area contributed by atoms with Crippen LogP contribution in [-0.2, 0) is 0 Å². The van der Waals surface area contributed by atoms with Gasteiger partial charge < -0.3 is 10.8 Å². The quantitative estimate of drug-likeness (QED) is 0.841. The number of hydrogen-bond acceptors (Lipinski definition) is 2. The van der Waals surface area contributed by atoms with E-state index < -0.39 is 11.9 Å². The average molecular weight is 297 g/mol. The topological polar surface area (TPSA) is 46.2 Å². The SMILES string of the molecule is C=CC[C@@H](N)c1cc(F)cc(Br)c1O.Cl. The van der Waals surface area contributed by atoms with Crippen molar-refractivity contribution in [1.82, 2.24) is 0 Å². The van der Waals surface area contributed by atoms with Crippen LogP contribution >= 0.6 is 28.3 Å². The van der Waals surface area contributed by atoms with Crippen LogP contribution in [0.4, 0.5) is 4.39 Å². The highest BCUT2D eigenvalue weighted by molar-refractivity contribution is 9.10. The Bertz CT molecular complexity index is 360. The van der Waals surface area contributed by atoms with Crippen molar-refractivity contribution in [3.8, 4) is 5.75 Å². The molecule has 0 aliphatic heterocycles. The predicted molar refractivity (Wildman–Crippen MR) is 64.8 cm³/mol. The number of benzene rings is 1. The van der Waals surface area contributed by atoms with Gasteiger partial charge in [-0.1, -0.05) is 6.08 Å². The Morgan fingerprint density at radius 2 is 2.20 bits per heavy atom. The molecular formula is C10H12BrClFNO. The third-order valence-corrected chi connectivity index (χ3v) is 2.48. The fraction of sp³-hybridized carbons (Fsp3) is 0.200. The van der Waals surface area contributed by atoms with E-state index in [0.29, 0.717) is 16.5 Å². The van der Waals surface area contributed by atoms with Crippen LogP contribution in [0.2, 0.25) is 0 Å². The summed E-state index contributed by atoms with van der Waals surface area (Å²) < 4.78 is 13.3. The molecule has 0 bridgehead atoms. The number of rotatable bonds is 3. The summed E-state index contributed by atoms with van der Waals surface area (Å²) in [4.78, 5) is 0. The van der Waals surface area contributed by atoms with Crippen LogP contribution in [0, 0.1) is 5.82 Å². The summed E-state index contributed by atoms with van der Waals surface area (Å²) in [5, 5.41) is 9.59. The lowest BCUT2D eigenvalue weighted by Gasteiger charge is -2.12. The minimum Gasteiger partial charge on any atom is -0.506 e. The number of halogens is 3. The maximum atomic E-state index is 13.0. The van der Waals surface area contributed by atoms with E-state index in [1.807, 2.05) is 0 Å². The van der Waals surface area contributed by atoms with E-state index in [9.17, 15) is 9.50 Å². The largest absolute Gasteiger partial charge is 0.506 e. The van der Waals surface area contributed by atoms with Crippen molar-refractivity contribution in [3.63, 3.8) is 0 Å². The van der Waals surface area contributed by atoms with Crippen LogP contribution in [0.15, 0.2) is 29.3 Å². The first-order chi connectivity index (χ1) is 6.56. The van der Waals surface area contributed by atoms with Gasteiger partial charge in [-0.2, -0.15) is 0 Å². The maximum Gasteiger partial charge on any atom is 0.134 e. The van der Waals surface area contributed by atoms with E-state index in [1.54, 1.807) is 6.08 Å². The van der Waals surface area contributed by atoms with Crippen molar-refractivity contribution < 1.29 is 9.50 Å². The Hall–Kier alpha value is -0.580. The van der Waals surface area contributed by atoms with Gasteiger partial charge in [-0.25, -0.2) is 4.39 Å². The van der Waals surface area contributed by atoms with Gasteiger partial charge in [0.1, 0.15) is 11.6 Å². The first-order valence-electron chi connectivity index (χ1n) is 4.10. The molecule has 3 N–H and O–H groups in total. The van der Waals surface area contributed by atoms with Crippen molar-refractivity contribution in [2.75, 3.05) is 0 Å². The van der Waals surface area contributed by atoms with Crippen LogP contribution in [0.1, 0.15) is 18.0 Å². The smallest absolute Gasteiger partial charge is 0.134 e. The molecule has 0 unspecified atom stereocenters.